The Balaban J connectivity index is 1.71. The Hall–Kier alpha value is -0.870. The van der Waals surface area contributed by atoms with E-state index in [1.165, 1.54) is 43.7 Å². The number of likely N-dealkylation sites (tertiary alicyclic amines) is 1. The van der Waals surface area contributed by atoms with E-state index in [1.807, 2.05) is 6.20 Å². The Bertz CT molecular complexity index is 315. The summed E-state index contributed by atoms with van der Waals surface area (Å²) >= 11 is 0. The summed E-state index contributed by atoms with van der Waals surface area (Å²) < 4.78 is 0. The molecule has 1 unspecified atom stereocenters. The molecule has 0 radical (unpaired) electrons. The Morgan fingerprint density at radius 3 is 2.88 bits per heavy atom. The number of H-pyrrole nitrogens is 1. The van der Waals surface area contributed by atoms with Crippen LogP contribution in [0.1, 0.15) is 37.1 Å². The molecule has 0 bridgehead atoms. The monoisotopic (exact) mass is 222 g/mol. The minimum absolute atomic E-state index is 0.390. The molecular formula is C12H22N4. The van der Waals surface area contributed by atoms with E-state index in [9.17, 15) is 0 Å². The molecule has 0 amide bonds. The van der Waals surface area contributed by atoms with E-state index in [0.717, 1.165) is 6.54 Å². The molecule has 0 aliphatic carbocycles. The van der Waals surface area contributed by atoms with E-state index in [2.05, 4.69) is 34.3 Å². The number of aromatic amines is 1. The van der Waals surface area contributed by atoms with Gasteiger partial charge in [-0.2, -0.15) is 5.10 Å². The second-order valence-electron chi connectivity index (χ2n) is 4.67. The highest BCUT2D eigenvalue weighted by Gasteiger charge is 2.12. The second-order valence-corrected chi connectivity index (χ2v) is 4.67. The minimum atomic E-state index is 0.390. The molecule has 16 heavy (non-hydrogen) atoms. The molecule has 2 rings (SSSR count). The molecule has 0 saturated carbocycles. The van der Waals surface area contributed by atoms with Gasteiger partial charge in [-0.05, 0) is 39.8 Å². The number of rotatable bonds is 5. The fraction of sp³-hybridized carbons (Fsp3) is 0.750. The molecular weight excluding hydrogens is 200 g/mol. The molecule has 1 saturated heterocycles. The van der Waals surface area contributed by atoms with Crippen LogP contribution < -0.4 is 5.32 Å². The van der Waals surface area contributed by atoms with E-state index in [-0.39, 0.29) is 0 Å². The van der Waals surface area contributed by atoms with Crippen LogP contribution in [0.3, 0.4) is 0 Å². The van der Waals surface area contributed by atoms with Crippen molar-refractivity contribution < 1.29 is 0 Å². The summed E-state index contributed by atoms with van der Waals surface area (Å²) in [6.07, 6.45) is 4.66. The van der Waals surface area contributed by atoms with Gasteiger partial charge in [0.2, 0.25) is 0 Å². The number of aryl methyl sites for hydroxylation is 1. The van der Waals surface area contributed by atoms with Gasteiger partial charge in [-0.1, -0.05) is 0 Å². The molecule has 1 aliphatic heterocycles. The highest BCUT2D eigenvalue weighted by molar-refractivity contribution is 5.18. The Labute approximate surface area is 97.4 Å². The molecule has 4 nitrogen and oxygen atoms in total. The lowest BCUT2D eigenvalue weighted by molar-refractivity contribution is 0.329. The number of nitrogens with one attached hydrogen (secondary N) is 2. The van der Waals surface area contributed by atoms with Crippen molar-refractivity contribution in [3.8, 4) is 0 Å². The van der Waals surface area contributed by atoms with Crippen molar-refractivity contribution in [2.75, 3.05) is 26.2 Å². The number of nitrogens with zero attached hydrogens (tertiary/aromatic N) is 2. The highest BCUT2D eigenvalue weighted by Crippen LogP contribution is 2.14. The first kappa shape index (κ1) is 11.6. The number of hydrogen-bond donors (Lipinski definition) is 2. The summed E-state index contributed by atoms with van der Waals surface area (Å²) in [6, 6.07) is 0.390. The van der Waals surface area contributed by atoms with Gasteiger partial charge >= 0.3 is 0 Å². The predicted molar refractivity (Wildman–Crippen MR) is 65.4 cm³/mol. The Kier molecular flexibility index (Phi) is 3.96. The van der Waals surface area contributed by atoms with Crippen LogP contribution in [-0.4, -0.2) is 41.3 Å². The standard InChI is InChI=1S/C12H22N4/c1-10(12-9-14-15-11(12)2)13-5-8-16-6-3-4-7-16/h9-10,13H,3-8H2,1-2H3,(H,14,15). The largest absolute Gasteiger partial charge is 0.309 e. The van der Waals surface area contributed by atoms with Crippen molar-refractivity contribution in [3.05, 3.63) is 17.5 Å². The smallest absolute Gasteiger partial charge is 0.0537 e. The predicted octanol–water partition coefficient (Wildman–Crippen LogP) is 1.46. The van der Waals surface area contributed by atoms with Crippen molar-refractivity contribution in [1.82, 2.24) is 20.4 Å². The number of hydrogen-bond acceptors (Lipinski definition) is 3. The van der Waals surface area contributed by atoms with Gasteiger partial charge in [0.15, 0.2) is 0 Å². The van der Waals surface area contributed by atoms with Crippen LogP contribution in [0.5, 0.6) is 0 Å². The van der Waals surface area contributed by atoms with Crippen LogP contribution in [0.25, 0.3) is 0 Å². The maximum atomic E-state index is 4.05. The van der Waals surface area contributed by atoms with Gasteiger partial charge in [0.1, 0.15) is 0 Å². The lowest BCUT2D eigenvalue weighted by Crippen LogP contribution is -2.31. The quantitative estimate of drug-likeness (QED) is 0.793. The van der Waals surface area contributed by atoms with Crippen molar-refractivity contribution in [1.29, 1.82) is 0 Å². The molecule has 1 aliphatic rings. The lowest BCUT2D eigenvalue weighted by Gasteiger charge is -2.18. The first-order chi connectivity index (χ1) is 7.77. The average molecular weight is 222 g/mol. The maximum absolute atomic E-state index is 4.05. The highest BCUT2D eigenvalue weighted by atomic mass is 15.2. The third-order valence-electron chi connectivity index (χ3n) is 3.41. The van der Waals surface area contributed by atoms with Crippen LogP contribution in [0.4, 0.5) is 0 Å². The van der Waals surface area contributed by atoms with Crippen molar-refractivity contribution >= 4 is 0 Å². The molecule has 2 heterocycles. The normalized spacial score (nSPS) is 19.1. The van der Waals surface area contributed by atoms with Gasteiger partial charge in [0.25, 0.3) is 0 Å². The third-order valence-corrected chi connectivity index (χ3v) is 3.41. The fourth-order valence-corrected chi connectivity index (χ4v) is 2.35. The molecule has 0 aromatic carbocycles. The van der Waals surface area contributed by atoms with Gasteiger partial charge in [-0.25, -0.2) is 0 Å². The van der Waals surface area contributed by atoms with Crippen molar-refractivity contribution in [2.24, 2.45) is 0 Å². The van der Waals surface area contributed by atoms with E-state index in [1.54, 1.807) is 0 Å². The van der Waals surface area contributed by atoms with Crippen molar-refractivity contribution in [3.63, 3.8) is 0 Å². The van der Waals surface area contributed by atoms with Gasteiger partial charge in [-0.3, -0.25) is 5.10 Å². The van der Waals surface area contributed by atoms with Crippen LogP contribution in [0.15, 0.2) is 6.20 Å². The number of aromatic nitrogens is 2. The molecule has 4 heteroatoms. The average Bonchev–Trinajstić information content (AvgIpc) is 2.88. The summed E-state index contributed by atoms with van der Waals surface area (Å²) in [7, 11) is 0. The van der Waals surface area contributed by atoms with Gasteiger partial charge in [0.05, 0.1) is 6.20 Å². The van der Waals surface area contributed by atoms with Gasteiger partial charge in [0, 0.05) is 30.4 Å². The van der Waals surface area contributed by atoms with Gasteiger partial charge in [-0.15, -0.1) is 0 Å². The van der Waals surface area contributed by atoms with Crippen LogP contribution in [0, 0.1) is 6.92 Å². The molecule has 1 aromatic heterocycles. The summed E-state index contributed by atoms with van der Waals surface area (Å²) in [5.74, 6) is 0. The third kappa shape index (κ3) is 2.83. The van der Waals surface area contributed by atoms with Crippen LogP contribution in [0.2, 0.25) is 0 Å². The Morgan fingerprint density at radius 1 is 1.50 bits per heavy atom. The topological polar surface area (TPSA) is 44.0 Å². The Morgan fingerprint density at radius 2 is 2.25 bits per heavy atom. The second kappa shape index (κ2) is 5.46. The molecule has 0 spiro atoms. The molecule has 90 valence electrons. The molecule has 1 aromatic rings. The van der Waals surface area contributed by atoms with E-state index in [0.29, 0.717) is 6.04 Å². The first-order valence-electron chi connectivity index (χ1n) is 6.23. The molecule has 1 fully saturated rings. The van der Waals surface area contributed by atoms with Gasteiger partial charge < -0.3 is 10.2 Å². The molecule has 1 atom stereocenters. The zero-order valence-electron chi connectivity index (χ0n) is 10.3. The van der Waals surface area contributed by atoms with Crippen LogP contribution >= 0.6 is 0 Å². The summed E-state index contributed by atoms with van der Waals surface area (Å²) in [4.78, 5) is 2.53. The first-order valence-corrected chi connectivity index (χ1v) is 6.23. The minimum Gasteiger partial charge on any atom is -0.309 e. The SMILES string of the molecule is Cc1[nH]ncc1C(C)NCCN1CCCC1. The zero-order valence-corrected chi connectivity index (χ0v) is 10.3. The zero-order chi connectivity index (χ0) is 11.4. The van der Waals surface area contributed by atoms with E-state index < -0.39 is 0 Å². The maximum Gasteiger partial charge on any atom is 0.0537 e. The van der Waals surface area contributed by atoms with Crippen molar-refractivity contribution in [2.45, 2.75) is 32.7 Å². The summed E-state index contributed by atoms with van der Waals surface area (Å²) in [5, 5.41) is 10.6. The van der Waals surface area contributed by atoms with E-state index >= 15 is 0 Å². The van der Waals surface area contributed by atoms with E-state index in [4.69, 9.17) is 0 Å². The summed E-state index contributed by atoms with van der Waals surface area (Å²) in [5.41, 5.74) is 2.45. The lowest BCUT2D eigenvalue weighted by atomic mass is 10.1. The fourth-order valence-electron chi connectivity index (χ4n) is 2.35. The van der Waals surface area contributed by atoms with Crippen LogP contribution in [-0.2, 0) is 0 Å². The summed E-state index contributed by atoms with van der Waals surface area (Å²) in [6.45, 7) is 9.05. The molecule has 2 N–H and O–H groups in total.